The van der Waals surface area contributed by atoms with E-state index >= 15 is 0 Å². The summed E-state index contributed by atoms with van der Waals surface area (Å²) in [5.74, 6) is -2.20. The van der Waals surface area contributed by atoms with E-state index in [9.17, 15) is 9.59 Å². The number of anilines is 1. The van der Waals surface area contributed by atoms with E-state index in [2.05, 4.69) is 9.68 Å². The van der Waals surface area contributed by atoms with Gasteiger partial charge in [0.25, 0.3) is 5.91 Å². The van der Waals surface area contributed by atoms with Crippen LogP contribution >= 0.6 is 0 Å². The maximum Gasteiger partial charge on any atom is 0.374 e. The maximum atomic E-state index is 12.1. The number of rotatable bonds is 3. The molecule has 0 saturated heterocycles. The van der Waals surface area contributed by atoms with Crippen molar-refractivity contribution in [2.45, 2.75) is 0 Å². The van der Waals surface area contributed by atoms with Gasteiger partial charge in [0.15, 0.2) is 5.69 Å². The number of aromatic nitrogens is 1. The average molecular weight is 271 g/mol. The van der Waals surface area contributed by atoms with Gasteiger partial charge in [-0.25, -0.2) is 4.79 Å². The first-order valence-electron chi connectivity index (χ1n) is 5.51. The second-order valence-corrected chi connectivity index (χ2v) is 3.90. The van der Waals surface area contributed by atoms with Gasteiger partial charge in [0.05, 0.1) is 11.6 Å². The second-order valence-electron chi connectivity index (χ2n) is 3.90. The predicted octanol–water partition coefficient (Wildman–Crippen LogP) is 1.52. The molecule has 0 saturated carbocycles. The lowest BCUT2D eigenvalue weighted by atomic mass is 10.2. The highest BCUT2D eigenvalue weighted by molar-refractivity contribution is 6.05. The molecule has 1 N–H and O–H groups in total. The van der Waals surface area contributed by atoms with Crippen molar-refractivity contribution in [1.29, 1.82) is 5.26 Å². The van der Waals surface area contributed by atoms with E-state index in [0.29, 0.717) is 11.3 Å². The molecule has 100 valence electrons. The minimum absolute atomic E-state index is 0.103. The van der Waals surface area contributed by atoms with Crippen molar-refractivity contribution >= 4 is 17.6 Å². The Morgan fingerprint density at radius 1 is 1.35 bits per heavy atom. The fourth-order valence-corrected chi connectivity index (χ4v) is 1.53. The van der Waals surface area contributed by atoms with Crippen molar-refractivity contribution in [2.75, 3.05) is 11.9 Å². The quantitative estimate of drug-likeness (QED) is 0.906. The summed E-state index contributed by atoms with van der Waals surface area (Å²) >= 11 is 0. The first-order chi connectivity index (χ1) is 9.52. The Hall–Kier alpha value is -3.14. The van der Waals surface area contributed by atoms with Crippen LogP contribution in [-0.4, -0.2) is 29.2 Å². The van der Waals surface area contributed by atoms with Crippen LogP contribution in [0.3, 0.4) is 0 Å². The third kappa shape index (κ3) is 2.49. The normalized spacial score (nSPS) is 9.80. The molecule has 0 spiro atoms. The van der Waals surface area contributed by atoms with Crippen molar-refractivity contribution in [1.82, 2.24) is 5.16 Å². The largest absolute Gasteiger partial charge is 0.475 e. The number of carboxylic acids is 1. The summed E-state index contributed by atoms with van der Waals surface area (Å²) in [6.07, 6.45) is 0. The first-order valence-corrected chi connectivity index (χ1v) is 5.51. The van der Waals surface area contributed by atoms with Gasteiger partial charge >= 0.3 is 5.97 Å². The number of benzene rings is 1. The van der Waals surface area contributed by atoms with E-state index in [0.717, 1.165) is 6.07 Å². The Balaban J connectivity index is 2.22. The van der Waals surface area contributed by atoms with Crippen molar-refractivity contribution in [3.63, 3.8) is 0 Å². The number of nitriles is 1. The van der Waals surface area contributed by atoms with Crippen molar-refractivity contribution in [2.24, 2.45) is 0 Å². The topological polar surface area (TPSA) is 107 Å². The number of carbonyl (C=O) groups excluding carboxylic acids is 1. The summed E-state index contributed by atoms with van der Waals surface area (Å²) in [6.45, 7) is 0. The summed E-state index contributed by atoms with van der Waals surface area (Å²) < 4.78 is 4.53. The molecule has 1 amide bonds. The number of carboxylic acid groups (broad SMARTS) is 1. The van der Waals surface area contributed by atoms with Crippen LogP contribution in [0.2, 0.25) is 0 Å². The number of aromatic carboxylic acids is 1. The van der Waals surface area contributed by atoms with Crippen LogP contribution in [0.5, 0.6) is 0 Å². The zero-order valence-electron chi connectivity index (χ0n) is 10.4. The minimum atomic E-state index is -1.29. The summed E-state index contributed by atoms with van der Waals surface area (Å²) in [5, 5.41) is 20.8. The van der Waals surface area contributed by atoms with Crippen LogP contribution < -0.4 is 4.90 Å². The minimum Gasteiger partial charge on any atom is -0.475 e. The van der Waals surface area contributed by atoms with Crippen molar-refractivity contribution in [3.8, 4) is 6.07 Å². The molecule has 0 bridgehead atoms. The van der Waals surface area contributed by atoms with Crippen LogP contribution in [0.15, 0.2) is 34.9 Å². The Bertz CT molecular complexity index is 697. The molecule has 7 heteroatoms. The lowest BCUT2D eigenvalue weighted by Gasteiger charge is -2.15. The van der Waals surface area contributed by atoms with Crippen LogP contribution in [0.25, 0.3) is 0 Å². The Labute approximate surface area is 113 Å². The van der Waals surface area contributed by atoms with Gasteiger partial charge in [0.2, 0.25) is 5.76 Å². The molecule has 1 aromatic carbocycles. The molecule has 0 aliphatic rings. The highest BCUT2D eigenvalue weighted by Crippen LogP contribution is 2.16. The summed E-state index contributed by atoms with van der Waals surface area (Å²) in [4.78, 5) is 24.0. The number of carbonyl (C=O) groups is 2. The van der Waals surface area contributed by atoms with Crippen molar-refractivity contribution in [3.05, 3.63) is 47.3 Å². The van der Waals surface area contributed by atoms with Crippen LogP contribution in [0.1, 0.15) is 26.6 Å². The lowest BCUT2D eigenvalue weighted by Crippen LogP contribution is -2.26. The molecule has 0 atom stereocenters. The highest BCUT2D eigenvalue weighted by atomic mass is 16.5. The predicted molar refractivity (Wildman–Crippen MR) is 67.4 cm³/mol. The van der Waals surface area contributed by atoms with Gasteiger partial charge in [-0.15, -0.1) is 0 Å². The second kappa shape index (κ2) is 5.24. The average Bonchev–Trinajstić information content (AvgIpc) is 2.96. The molecular weight excluding hydrogens is 262 g/mol. The van der Waals surface area contributed by atoms with Crippen LogP contribution in [0, 0.1) is 11.3 Å². The van der Waals surface area contributed by atoms with Crippen molar-refractivity contribution < 1.29 is 19.2 Å². The molecule has 0 aliphatic carbocycles. The standard InChI is InChI=1S/C13H9N3O4/c1-16(9-4-2-8(7-14)3-5-9)12(17)10-6-11(13(18)19)20-15-10/h2-6H,1H3,(H,18,19). The van der Waals surface area contributed by atoms with Crippen LogP contribution in [0.4, 0.5) is 5.69 Å². The van der Waals surface area contributed by atoms with Gasteiger partial charge in [-0.2, -0.15) is 5.26 Å². The third-order valence-electron chi connectivity index (χ3n) is 2.63. The summed E-state index contributed by atoms with van der Waals surface area (Å²) in [5.41, 5.74) is 0.923. The molecule has 2 aromatic rings. The monoisotopic (exact) mass is 271 g/mol. The summed E-state index contributed by atoms with van der Waals surface area (Å²) in [6, 6.07) is 9.39. The first kappa shape index (κ1) is 13.3. The fraction of sp³-hybridized carbons (Fsp3) is 0.0769. The molecule has 1 aromatic heterocycles. The molecule has 0 radical (unpaired) electrons. The van der Waals surface area contributed by atoms with Crippen LogP contribution in [-0.2, 0) is 0 Å². The van der Waals surface area contributed by atoms with Gasteiger partial charge in [-0.1, -0.05) is 5.16 Å². The van der Waals surface area contributed by atoms with Gasteiger partial charge in [-0.3, -0.25) is 4.79 Å². The van der Waals surface area contributed by atoms with E-state index in [1.165, 1.54) is 11.9 Å². The molecule has 0 fully saturated rings. The number of hydrogen-bond acceptors (Lipinski definition) is 5. The number of amides is 1. The van der Waals surface area contributed by atoms with Gasteiger partial charge in [0, 0.05) is 18.8 Å². The van der Waals surface area contributed by atoms with E-state index in [1.807, 2.05) is 6.07 Å². The molecule has 7 nitrogen and oxygen atoms in total. The zero-order valence-corrected chi connectivity index (χ0v) is 10.4. The van der Waals surface area contributed by atoms with E-state index in [1.54, 1.807) is 24.3 Å². The smallest absolute Gasteiger partial charge is 0.374 e. The molecular formula is C13H9N3O4. The molecule has 0 unspecified atom stereocenters. The van der Waals surface area contributed by atoms with Gasteiger partial charge in [0.1, 0.15) is 0 Å². The van der Waals surface area contributed by atoms with Gasteiger partial charge in [-0.05, 0) is 24.3 Å². The Morgan fingerprint density at radius 2 is 2.00 bits per heavy atom. The maximum absolute atomic E-state index is 12.1. The zero-order chi connectivity index (χ0) is 14.7. The van der Waals surface area contributed by atoms with E-state index in [4.69, 9.17) is 10.4 Å². The van der Waals surface area contributed by atoms with E-state index in [-0.39, 0.29) is 5.69 Å². The highest BCUT2D eigenvalue weighted by Gasteiger charge is 2.20. The Kier molecular flexibility index (Phi) is 3.48. The molecule has 2 rings (SSSR count). The molecule has 0 aliphatic heterocycles. The SMILES string of the molecule is CN(C(=O)c1cc(C(=O)O)on1)c1ccc(C#N)cc1. The molecule has 20 heavy (non-hydrogen) atoms. The summed E-state index contributed by atoms with van der Waals surface area (Å²) in [7, 11) is 1.51. The fourth-order valence-electron chi connectivity index (χ4n) is 1.53. The number of nitrogens with zero attached hydrogens (tertiary/aromatic N) is 3. The number of hydrogen-bond donors (Lipinski definition) is 1. The third-order valence-corrected chi connectivity index (χ3v) is 2.63. The molecule has 1 heterocycles. The van der Waals surface area contributed by atoms with E-state index < -0.39 is 17.6 Å². The lowest BCUT2D eigenvalue weighted by molar-refractivity contribution is 0.0651. The Morgan fingerprint density at radius 3 is 2.50 bits per heavy atom. The van der Waals surface area contributed by atoms with Gasteiger partial charge < -0.3 is 14.5 Å².